The first-order chi connectivity index (χ1) is 12.1. The van der Waals surface area contributed by atoms with Gasteiger partial charge in [-0.1, -0.05) is 29.8 Å². The maximum Gasteiger partial charge on any atom is 0.357 e. The monoisotopic (exact) mass is 357 g/mol. The second-order valence-electron chi connectivity index (χ2n) is 5.34. The molecule has 0 saturated heterocycles. The van der Waals surface area contributed by atoms with Crippen LogP contribution in [0.3, 0.4) is 0 Å². The van der Waals surface area contributed by atoms with Gasteiger partial charge >= 0.3 is 5.97 Å². The summed E-state index contributed by atoms with van der Waals surface area (Å²) >= 11 is 1.40. The lowest BCUT2D eigenvalue weighted by atomic mass is 10.2. The highest BCUT2D eigenvalue weighted by Crippen LogP contribution is 2.24. The molecule has 0 amide bonds. The molecule has 1 aromatic heterocycles. The summed E-state index contributed by atoms with van der Waals surface area (Å²) in [6.07, 6.45) is 0. The average Bonchev–Trinajstić information content (AvgIpc) is 3.11. The number of nitrogens with zero attached hydrogens (tertiary/aromatic N) is 1. The third-order valence-electron chi connectivity index (χ3n) is 3.41. The first-order valence-electron chi connectivity index (χ1n) is 7.70. The van der Waals surface area contributed by atoms with Gasteiger partial charge in [0, 0.05) is 10.9 Å². The molecule has 0 aliphatic rings. The largest absolute Gasteiger partial charge is 0.490 e. The van der Waals surface area contributed by atoms with Gasteiger partial charge in [-0.25, -0.2) is 14.2 Å². The Labute approximate surface area is 148 Å². The quantitative estimate of drug-likeness (QED) is 0.482. The molecular formula is C19H16FNO3S. The lowest BCUT2D eigenvalue weighted by molar-refractivity contribution is 0.0444. The SMILES string of the molecule is Cc1ccc(-c2nc(C(=O)OCCOc3ccc(F)cc3)cs2)cc1. The van der Waals surface area contributed by atoms with Crippen LogP contribution in [0.1, 0.15) is 16.1 Å². The van der Waals surface area contributed by atoms with Gasteiger partial charge in [0.25, 0.3) is 0 Å². The first kappa shape index (κ1) is 17.1. The van der Waals surface area contributed by atoms with Crippen LogP contribution in [0.15, 0.2) is 53.9 Å². The number of aryl methyl sites for hydroxylation is 1. The van der Waals surface area contributed by atoms with Crippen molar-refractivity contribution in [3.05, 3.63) is 71.0 Å². The molecule has 0 bridgehead atoms. The summed E-state index contributed by atoms with van der Waals surface area (Å²) in [7, 11) is 0. The van der Waals surface area contributed by atoms with E-state index in [2.05, 4.69) is 4.98 Å². The number of carbonyl (C=O) groups excluding carboxylic acids is 1. The fourth-order valence-corrected chi connectivity index (χ4v) is 2.89. The molecule has 0 radical (unpaired) electrons. The van der Waals surface area contributed by atoms with Gasteiger partial charge in [0.05, 0.1) is 0 Å². The van der Waals surface area contributed by atoms with E-state index >= 15 is 0 Å². The van der Waals surface area contributed by atoms with Gasteiger partial charge < -0.3 is 9.47 Å². The van der Waals surface area contributed by atoms with Crippen LogP contribution in [0.5, 0.6) is 5.75 Å². The van der Waals surface area contributed by atoms with Crippen LogP contribution in [0.25, 0.3) is 10.6 Å². The Balaban J connectivity index is 1.50. The van der Waals surface area contributed by atoms with Crippen molar-refractivity contribution in [3.8, 4) is 16.3 Å². The van der Waals surface area contributed by atoms with Crippen molar-refractivity contribution in [2.24, 2.45) is 0 Å². The van der Waals surface area contributed by atoms with E-state index in [4.69, 9.17) is 9.47 Å². The van der Waals surface area contributed by atoms with E-state index in [9.17, 15) is 9.18 Å². The minimum absolute atomic E-state index is 0.0909. The maximum atomic E-state index is 12.8. The molecule has 0 spiro atoms. The van der Waals surface area contributed by atoms with E-state index in [1.807, 2.05) is 31.2 Å². The number of ether oxygens (including phenoxy) is 2. The van der Waals surface area contributed by atoms with E-state index < -0.39 is 5.97 Å². The molecule has 4 nitrogen and oxygen atoms in total. The Morgan fingerprint density at radius 2 is 1.80 bits per heavy atom. The van der Waals surface area contributed by atoms with Crippen molar-refractivity contribution in [3.63, 3.8) is 0 Å². The molecule has 0 atom stereocenters. The predicted molar refractivity (Wildman–Crippen MR) is 94.5 cm³/mol. The van der Waals surface area contributed by atoms with Crippen LogP contribution in [-0.4, -0.2) is 24.2 Å². The second-order valence-corrected chi connectivity index (χ2v) is 6.20. The Bertz CT molecular complexity index is 844. The second kappa shape index (κ2) is 7.90. The van der Waals surface area contributed by atoms with Gasteiger partial charge in [0.15, 0.2) is 5.69 Å². The fraction of sp³-hybridized carbons (Fsp3) is 0.158. The summed E-state index contributed by atoms with van der Waals surface area (Å²) in [6.45, 7) is 2.29. The van der Waals surface area contributed by atoms with E-state index in [1.54, 1.807) is 5.38 Å². The number of thiazole rings is 1. The lowest BCUT2D eigenvalue weighted by Crippen LogP contribution is -2.12. The van der Waals surface area contributed by atoms with Gasteiger partial charge in [-0.2, -0.15) is 0 Å². The zero-order valence-corrected chi connectivity index (χ0v) is 14.4. The van der Waals surface area contributed by atoms with Gasteiger partial charge in [-0.05, 0) is 31.2 Å². The zero-order valence-electron chi connectivity index (χ0n) is 13.6. The Morgan fingerprint density at radius 3 is 2.52 bits per heavy atom. The molecular weight excluding hydrogens is 341 g/mol. The number of benzene rings is 2. The van der Waals surface area contributed by atoms with E-state index in [-0.39, 0.29) is 24.7 Å². The summed E-state index contributed by atoms with van der Waals surface area (Å²) in [5.74, 6) is -0.295. The van der Waals surface area contributed by atoms with Crippen LogP contribution < -0.4 is 4.74 Å². The van der Waals surface area contributed by atoms with Gasteiger partial charge in [-0.15, -0.1) is 11.3 Å². The summed E-state index contributed by atoms with van der Waals surface area (Å²) in [5, 5.41) is 2.45. The van der Waals surface area contributed by atoms with Crippen molar-refractivity contribution in [2.45, 2.75) is 6.92 Å². The highest BCUT2D eigenvalue weighted by Gasteiger charge is 2.13. The normalized spacial score (nSPS) is 10.5. The molecule has 3 aromatic rings. The van der Waals surface area contributed by atoms with Gasteiger partial charge in [-0.3, -0.25) is 0 Å². The lowest BCUT2D eigenvalue weighted by Gasteiger charge is -2.06. The van der Waals surface area contributed by atoms with E-state index in [1.165, 1.54) is 41.2 Å². The average molecular weight is 357 g/mol. The molecule has 0 saturated carbocycles. The molecule has 6 heteroatoms. The van der Waals surface area contributed by atoms with Crippen LogP contribution in [-0.2, 0) is 4.74 Å². The molecule has 0 aliphatic heterocycles. The summed E-state index contributed by atoms with van der Waals surface area (Å²) in [4.78, 5) is 16.3. The van der Waals surface area contributed by atoms with Gasteiger partial charge in [0.2, 0.25) is 0 Å². The number of hydrogen-bond acceptors (Lipinski definition) is 5. The number of esters is 1. The molecule has 2 aromatic carbocycles. The Kier molecular flexibility index (Phi) is 5.40. The van der Waals surface area contributed by atoms with Crippen LogP contribution >= 0.6 is 11.3 Å². The Morgan fingerprint density at radius 1 is 1.08 bits per heavy atom. The third kappa shape index (κ3) is 4.64. The molecule has 1 heterocycles. The van der Waals surface area contributed by atoms with Crippen molar-refractivity contribution >= 4 is 17.3 Å². The maximum absolute atomic E-state index is 12.8. The predicted octanol–water partition coefficient (Wildman–Crippen LogP) is 4.49. The number of rotatable bonds is 6. The molecule has 25 heavy (non-hydrogen) atoms. The third-order valence-corrected chi connectivity index (χ3v) is 4.30. The number of aromatic nitrogens is 1. The molecule has 3 rings (SSSR count). The summed E-state index contributed by atoms with van der Waals surface area (Å²) < 4.78 is 23.3. The first-order valence-corrected chi connectivity index (χ1v) is 8.58. The highest BCUT2D eigenvalue weighted by atomic mass is 32.1. The molecule has 0 aliphatic carbocycles. The van der Waals surface area contributed by atoms with Crippen molar-refractivity contribution < 1.29 is 18.7 Å². The number of carbonyl (C=O) groups is 1. The zero-order chi connectivity index (χ0) is 17.6. The summed E-state index contributed by atoms with van der Waals surface area (Å²) in [6, 6.07) is 13.6. The number of hydrogen-bond donors (Lipinski definition) is 0. The van der Waals surface area contributed by atoms with E-state index in [0.29, 0.717) is 5.75 Å². The molecule has 0 fully saturated rings. The van der Waals surface area contributed by atoms with Crippen molar-refractivity contribution in [1.82, 2.24) is 4.98 Å². The van der Waals surface area contributed by atoms with E-state index in [0.717, 1.165) is 10.6 Å². The standard InChI is InChI=1S/C19H16FNO3S/c1-13-2-4-14(5-3-13)18-21-17(12-25-18)19(22)24-11-10-23-16-8-6-15(20)7-9-16/h2-9,12H,10-11H2,1H3. The fourth-order valence-electron chi connectivity index (χ4n) is 2.09. The Hall–Kier alpha value is -2.73. The molecule has 0 N–H and O–H groups in total. The topological polar surface area (TPSA) is 48.4 Å². The minimum Gasteiger partial charge on any atom is -0.490 e. The molecule has 0 unspecified atom stereocenters. The minimum atomic E-state index is -0.489. The highest BCUT2D eigenvalue weighted by molar-refractivity contribution is 7.13. The molecule has 128 valence electrons. The smallest absolute Gasteiger partial charge is 0.357 e. The van der Waals surface area contributed by atoms with Crippen LogP contribution in [0, 0.1) is 12.7 Å². The van der Waals surface area contributed by atoms with Crippen LogP contribution in [0.4, 0.5) is 4.39 Å². The van der Waals surface area contributed by atoms with Crippen LogP contribution in [0.2, 0.25) is 0 Å². The van der Waals surface area contributed by atoms with Crippen molar-refractivity contribution in [1.29, 1.82) is 0 Å². The van der Waals surface area contributed by atoms with Crippen molar-refractivity contribution in [2.75, 3.05) is 13.2 Å². The number of halogens is 1. The van der Waals surface area contributed by atoms with Gasteiger partial charge in [0.1, 0.15) is 29.8 Å². The summed E-state index contributed by atoms with van der Waals surface area (Å²) in [5.41, 5.74) is 2.41.